The van der Waals surface area contributed by atoms with Gasteiger partial charge < -0.3 is 14.6 Å². The van der Waals surface area contributed by atoms with Crippen LogP contribution in [0.25, 0.3) is 0 Å². The standard InChI is InChI=1S/C21H30N4O3S2/c1-7-28-20(27)16-14-9-8-12(4)10-15(14)30-19(16)22-18(26)13(5)29-21-24-23-17(11(2)3)25(21)6/h11-13H,7-10H2,1-6H3,(H,22,26). The number of hydrogen-bond acceptors (Lipinski definition) is 7. The van der Waals surface area contributed by atoms with Gasteiger partial charge in [-0.15, -0.1) is 21.5 Å². The van der Waals surface area contributed by atoms with E-state index in [0.29, 0.717) is 28.2 Å². The molecule has 7 nitrogen and oxygen atoms in total. The molecule has 0 fully saturated rings. The first-order chi connectivity index (χ1) is 14.2. The molecule has 2 heterocycles. The fourth-order valence-electron chi connectivity index (χ4n) is 3.61. The van der Waals surface area contributed by atoms with Crippen molar-refractivity contribution in [2.75, 3.05) is 11.9 Å². The zero-order valence-electron chi connectivity index (χ0n) is 18.4. The summed E-state index contributed by atoms with van der Waals surface area (Å²) in [6.45, 7) is 10.3. The van der Waals surface area contributed by atoms with Gasteiger partial charge in [-0.05, 0) is 44.6 Å². The van der Waals surface area contributed by atoms with Crippen molar-refractivity contribution in [1.82, 2.24) is 14.8 Å². The van der Waals surface area contributed by atoms with E-state index < -0.39 is 0 Å². The second-order valence-corrected chi connectivity index (χ2v) is 10.5. The Bertz CT molecular complexity index is 935. The van der Waals surface area contributed by atoms with Gasteiger partial charge in [-0.3, -0.25) is 4.79 Å². The van der Waals surface area contributed by atoms with E-state index in [1.165, 1.54) is 28.0 Å². The number of carbonyl (C=O) groups excluding carboxylic acids is 2. The number of nitrogens with one attached hydrogen (secondary N) is 1. The maximum absolute atomic E-state index is 12.9. The topological polar surface area (TPSA) is 86.1 Å². The van der Waals surface area contributed by atoms with Gasteiger partial charge in [0, 0.05) is 17.8 Å². The van der Waals surface area contributed by atoms with Crippen LogP contribution in [0.1, 0.15) is 73.6 Å². The lowest BCUT2D eigenvalue weighted by atomic mass is 9.88. The lowest BCUT2D eigenvalue weighted by Crippen LogP contribution is -2.24. The van der Waals surface area contributed by atoms with Crippen molar-refractivity contribution in [3.8, 4) is 0 Å². The number of rotatable bonds is 7. The van der Waals surface area contributed by atoms with Crippen LogP contribution in [0.4, 0.5) is 5.00 Å². The fourth-order valence-corrected chi connectivity index (χ4v) is 5.84. The fraction of sp³-hybridized carbons (Fsp3) is 0.619. The number of esters is 1. The van der Waals surface area contributed by atoms with E-state index in [1.54, 1.807) is 6.92 Å². The van der Waals surface area contributed by atoms with Gasteiger partial charge in [0.15, 0.2) is 5.16 Å². The number of hydrogen-bond donors (Lipinski definition) is 1. The molecule has 2 atom stereocenters. The van der Waals surface area contributed by atoms with Crippen LogP contribution in [0.3, 0.4) is 0 Å². The van der Waals surface area contributed by atoms with E-state index in [9.17, 15) is 9.59 Å². The minimum atomic E-state index is -0.388. The highest BCUT2D eigenvalue weighted by atomic mass is 32.2. The number of ether oxygens (including phenoxy) is 1. The molecule has 0 bridgehead atoms. The summed E-state index contributed by atoms with van der Waals surface area (Å²) in [6.07, 6.45) is 2.82. The van der Waals surface area contributed by atoms with Crippen LogP contribution in [0.2, 0.25) is 0 Å². The second-order valence-electron chi connectivity index (χ2n) is 8.08. The quantitative estimate of drug-likeness (QED) is 0.496. The zero-order chi connectivity index (χ0) is 22.0. The van der Waals surface area contributed by atoms with Gasteiger partial charge in [0.1, 0.15) is 10.8 Å². The van der Waals surface area contributed by atoms with Crippen LogP contribution >= 0.6 is 23.1 Å². The lowest BCUT2D eigenvalue weighted by molar-refractivity contribution is -0.115. The second kappa shape index (κ2) is 9.51. The Morgan fingerprint density at radius 2 is 2.07 bits per heavy atom. The number of thiophene rings is 1. The molecule has 0 aliphatic heterocycles. The predicted molar refractivity (Wildman–Crippen MR) is 121 cm³/mol. The number of thioether (sulfide) groups is 1. The maximum Gasteiger partial charge on any atom is 0.341 e. The molecule has 2 aromatic rings. The molecule has 1 amide bonds. The van der Waals surface area contributed by atoms with Crippen LogP contribution in [-0.2, 0) is 29.4 Å². The van der Waals surface area contributed by atoms with Crippen LogP contribution in [0, 0.1) is 5.92 Å². The average Bonchev–Trinajstić information content (AvgIpc) is 3.21. The van der Waals surface area contributed by atoms with Crippen molar-refractivity contribution in [3.63, 3.8) is 0 Å². The predicted octanol–water partition coefficient (Wildman–Crippen LogP) is 4.42. The Kier molecular flexibility index (Phi) is 7.23. The monoisotopic (exact) mass is 450 g/mol. The molecule has 30 heavy (non-hydrogen) atoms. The summed E-state index contributed by atoms with van der Waals surface area (Å²) < 4.78 is 7.21. The van der Waals surface area contributed by atoms with Crippen molar-refractivity contribution >= 4 is 40.0 Å². The maximum atomic E-state index is 12.9. The molecule has 1 aliphatic rings. The molecular formula is C21H30N4O3S2. The summed E-state index contributed by atoms with van der Waals surface area (Å²) in [7, 11) is 1.91. The average molecular weight is 451 g/mol. The van der Waals surface area contributed by atoms with Crippen molar-refractivity contribution < 1.29 is 14.3 Å². The van der Waals surface area contributed by atoms with Gasteiger partial charge in [-0.25, -0.2) is 4.79 Å². The smallest absolute Gasteiger partial charge is 0.341 e. The highest BCUT2D eigenvalue weighted by Crippen LogP contribution is 2.40. The Labute approximate surface area is 186 Å². The summed E-state index contributed by atoms with van der Waals surface area (Å²) >= 11 is 2.87. The molecule has 2 aromatic heterocycles. The van der Waals surface area contributed by atoms with Gasteiger partial charge in [0.05, 0.1) is 17.4 Å². The van der Waals surface area contributed by atoms with E-state index in [4.69, 9.17) is 4.74 Å². The van der Waals surface area contributed by atoms with Gasteiger partial charge >= 0.3 is 5.97 Å². The third-order valence-electron chi connectivity index (χ3n) is 5.26. The Morgan fingerprint density at radius 3 is 2.70 bits per heavy atom. The Morgan fingerprint density at radius 1 is 1.33 bits per heavy atom. The zero-order valence-corrected chi connectivity index (χ0v) is 20.1. The summed E-state index contributed by atoms with van der Waals surface area (Å²) in [5.41, 5.74) is 1.58. The molecule has 0 saturated heterocycles. The van der Waals surface area contributed by atoms with Crippen LogP contribution in [0.15, 0.2) is 5.16 Å². The van der Waals surface area contributed by atoms with Crippen molar-refractivity contribution in [2.24, 2.45) is 13.0 Å². The molecule has 0 aromatic carbocycles. The first-order valence-electron chi connectivity index (χ1n) is 10.4. The Balaban J connectivity index is 1.79. The summed E-state index contributed by atoms with van der Waals surface area (Å²) in [6, 6.07) is 0. The van der Waals surface area contributed by atoms with E-state index in [2.05, 4.69) is 36.3 Å². The molecule has 164 valence electrons. The molecular weight excluding hydrogens is 420 g/mol. The van der Waals surface area contributed by atoms with Gasteiger partial charge in [0.25, 0.3) is 0 Å². The highest BCUT2D eigenvalue weighted by Gasteiger charge is 2.30. The number of carbonyl (C=O) groups is 2. The molecule has 0 radical (unpaired) electrons. The molecule has 2 unspecified atom stereocenters. The number of amides is 1. The van der Waals surface area contributed by atoms with Gasteiger partial charge in [-0.2, -0.15) is 0 Å². The third kappa shape index (κ3) is 4.72. The molecule has 1 N–H and O–H groups in total. The minimum absolute atomic E-state index is 0.161. The highest BCUT2D eigenvalue weighted by molar-refractivity contribution is 8.00. The van der Waals surface area contributed by atoms with E-state index in [1.807, 2.05) is 18.5 Å². The summed E-state index contributed by atoms with van der Waals surface area (Å²) in [5, 5.41) is 12.4. The van der Waals surface area contributed by atoms with Crippen molar-refractivity contribution in [1.29, 1.82) is 0 Å². The molecule has 9 heteroatoms. The van der Waals surface area contributed by atoms with E-state index in [-0.39, 0.29) is 23.0 Å². The van der Waals surface area contributed by atoms with Gasteiger partial charge in [-0.1, -0.05) is 32.5 Å². The first-order valence-corrected chi connectivity index (χ1v) is 12.1. The van der Waals surface area contributed by atoms with E-state index >= 15 is 0 Å². The number of nitrogens with zero attached hydrogens (tertiary/aromatic N) is 3. The van der Waals surface area contributed by atoms with Gasteiger partial charge in [0.2, 0.25) is 5.91 Å². The summed E-state index contributed by atoms with van der Waals surface area (Å²) in [4.78, 5) is 26.8. The first kappa shape index (κ1) is 22.8. The molecule has 0 spiro atoms. The normalized spacial score (nSPS) is 17.0. The van der Waals surface area contributed by atoms with Crippen molar-refractivity contribution in [2.45, 2.75) is 70.2 Å². The summed E-state index contributed by atoms with van der Waals surface area (Å²) in [5.74, 6) is 1.21. The SMILES string of the molecule is CCOC(=O)c1c(NC(=O)C(C)Sc2nnc(C(C)C)n2C)sc2c1CCC(C)C2. The third-order valence-corrected chi connectivity index (χ3v) is 7.57. The number of fused-ring (bicyclic) bond motifs is 1. The molecule has 1 aliphatic carbocycles. The number of aromatic nitrogens is 3. The van der Waals surface area contributed by atoms with Crippen LogP contribution < -0.4 is 5.32 Å². The van der Waals surface area contributed by atoms with Crippen molar-refractivity contribution in [3.05, 3.63) is 21.8 Å². The number of anilines is 1. The minimum Gasteiger partial charge on any atom is -0.462 e. The van der Waals surface area contributed by atoms with E-state index in [0.717, 1.165) is 30.7 Å². The van der Waals surface area contributed by atoms with Crippen LogP contribution in [0.5, 0.6) is 0 Å². The van der Waals surface area contributed by atoms with Crippen LogP contribution in [-0.4, -0.2) is 38.5 Å². The molecule has 3 rings (SSSR count). The molecule has 0 saturated carbocycles. The Hall–Kier alpha value is -1.87. The largest absolute Gasteiger partial charge is 0.462 e. The lowest BCUT2D eigenvalue weighted by Gasteiger charge is -2.18.